The molecule has 0 saturated heterocycles. The van der Waals surface area contributed by atoms with Crippen molar-refractivity contribution in [3.8, 4) is 0 Å². The number of aryl methyl sites for hydroxylation is 2. The van der Waals surface area contributed by atoms with Crippen LogP contribution in [0.3, 0.4) is 0 Å². The quantitative estimate of drug-likeness (QED) is 0.802. The lowest BCUT2D eigenvalue weighted by molar-refractivity contribution is 0.289. The molecule has 1 saturated carbocycles. The van der Waals surface area contributed by atoms with Crippen molar-refractivity contribution in [2.75, 3.05) is 6.54 Å². The molecule has 21 heavy (non-hydrogen) atoms. The van der Waals surface area contributed by atoms with Crippen LogP contribution in [-0.4, -0.2) is 27.8 Å². The zero-order valence-corrected chi connectivity index (χ0v) is 14.7. The maximum atomic E-state index is 4.62. The molecule has 1 fully saturated rings. The first kappa shape index (κ1) is 16.8. The Hall–Kier alpha value is -0.610. The van der Waals surface area contributed by atoms with Crippen molar-refractivity contribution >= 4 is 11.8 Å². The molecule has 1 aliphatic carbocycles. The highest BCUT2D eigenvalue weighted by atomic mass is 32.2. The summed E-state index contributed by atoms with van der Waals surface area (Å²) in [6.45, 7) is 9.66. The minimum Gasteiger partial charge on any atom is -0.313 e. The van der Waals surface area contributed by atoms with Gasteiger partial charge < -0.3 is 5.32 Å². The summed E-state index contributed by atoms with van der Waals surface area (Å²) in [5.41, 5.74) is 2.15. The summed E-state index contributed by atoms with van der Waals surface area (Å²) in [5.74, 6) is 0.883. The summed E-state index contributed by atoms with van der Waals surface area (Å²) < 4.78 is 0. The molecule has 0 bridgehead atoms. The molecule has 0 aliphatic heterocycles. The van der Waals surface area contributed by atoms with Crippen molar-refractivity contribution in [1.29, 1.82) is 0 Å². The van der Waals surface area contributed by atoms with Gasteiger partial charge in [-0.05, 0) is 51.6 Å². The lowest BCUT2D eigenvalue weighted by Crippen LogP contribution is -2.42. The molecule has 1 N–H and O–H groups in total. The summed E-state index contributed by atoms with van der Waals surface area (Å²) in [7, 11) is 0. The molecule has 3 atom stereocenters. The van der Waals surface area contributed by atoms with Gasteiger partial charge in [0.1, 0.15) is 0 Å². The van der Waals surface area contributed by atoms with E-state index in [1.807, 2.05) is 17.8 Å². The number of rotatable bonds is 6. The Morgan fingerprint density at radius 3 is 2.52 bits per heavy atom. The smallest absolute Gasteiger partial charge is 0.188 e. The van der Waals surface area contributed by atoms with Crippen molar-refractivity contribution in [1.82, 2.24) is 15.3 Å². The topological polar surface area (TPSA) is 37.8 Å². The van der Waals surface area contributed by atoms with Gasteiger partial charge in [0, 0.05) is 22.7 Å². The van der Waals surface area contributed by atoms with E-state index in [1.54, 1.807) is 0 Å². The zero-order valence-electron chi connectivity index (χ0n) is 13.9. The summed E-state index contributed by atoms with van der Waals surface area (Å²) >= 11 is 1.89. The molecular weight excluding hydrogens is 278 g/mol. The Morgan fingerprint density at radius 2 is 1.90 bits per heavy atom. The number of hydrogen-bond donors (Lipinski definition) is 1. The van der Waals surface area contributed by atoms with Crippen LogP contribution in [0.5, 0.6) is 0 Å². The molecule has 1 aliphatic rings. The Bertz CT molecular complexity index is 429. The van der Waals surface area contributed by atoms with E-state index in [2.05, 4.69) is 43.0 Å². The number of thioether (sulfide) groups is 1. The first-order chi connectivity index (χ1) is 10.1. The van der Waals surface area contributed by atoms with Gasteiger partial charge in [-0.25, -0.2) is 9.97 Å². The molecule has 3 unspecified atom stereocenters. The predicted molar refractivity (Wildman–Crippen MR) is 90.9 cm³/mol. The SMILES string of the molecule is CCCC1CCC(NCC)C(Sc2nc(C)cc(C)n2)C1. The highest BCUT2D eigenvalue weighted by molar-refractivity contribution is 7.99. The Kier molecular flexibility index (Phi) is 6.49. The van der Waals surface area contributed by atoms with Crippen LogP contribution in [0.25, 0.3) is 0 Å². The third kappa shape index (κ3) is 4.96. The third-order valence-electron chi connectivity index (χ3n) is 4.28. The van der Waals surface area contributed by atoms with Gasteiger partial charge in [0.05, 0.1) is 0 Å². The summed E-state index contributed by atoms with van der Waals surface area (Å²) in [4.78, 5) is 9.24. The van der Waals surface area contributed by atoms with E-state index in [0.29, 0.717) is 11.3 Å². The van der Waals surface area contributed by atoms with Crippen LogP contribution in [0.15, 0.2) is 11.2 Å². The second-order valence-corrected chi connectivity index (χ2v) is 7.43. The standard InChI is InChI=1S/C17H29N3S/c1-5-7-14-8-9-15(18-6-2)16(11-14)21-17-19-12(3)10-13(4)20-17/h10,14-16,18H,5-9,11H2,1-4H3. The maximum Gasteiger partial charge on any atom is 0.188 e. The molecule has 1 aromatic rings. The predicted octanol–water partition coefficient (Wildman–Crippen LogP) is 4.13. The largest absolute Gasteiger partial charge is 0.313 e. The lowest BCUT2D eigenvalue weighted by atomic mass is 9.83. The fourth-order valence-electron chi connectivity index (χ4n) is 3.39. The van der Waals surface area contributed by atoms with E-state index < -0.39 is 0 Å². The average Bonchev–Trinajstić information content (AvgIpc) is 2.41. The van der Waals surface area contributed by atoms with Crippen molar-refractivity contribution in [2.45, 2.75) is 76.2 Å². The lowest BCUT2D eigenvalue weighted by Gasteiger charge is -2.36. The Balaban J connectivity index is 2.07. The maximum absolute atomic E-state index is 4.62. The van der Waals surface area contributed by atoms with Gasteiger partial charge in [0.2, 0.25) is 0 Å². The van der Waals surface area contributed by atoms with Crippen molar-refractivity contribution in [3.63, 3.8) is 0 Å². The summed E-state index contributed by atoms with van der Waals surface area (Å²) in [6, 6.07) is 2.66. The van der Waals surface area contributed by atoms with Gasteiger partial charge in [-0.1, -0.05) is 38.5 Å². The van der Waals surface area contributed by atoms with Gasteiger partial charge in [0.25, 0.3) is 0 Å². The fourth-order valence-corrected chi connectivity index (χ4v) is 4.82. The first-order valence-corrected chi connectivity index (χ1v) is 9.22. The van der Waals surface area contributed by atoms with E-state index in [4.69, 9.17) is 0 Å². The molecule has 4 heteroatoms. The molecule has 1 heterocycles. The third-order valence-corrected chi connectivity index (χ3v) is 5.50. The van der Waals surface area contributed by atoms with Crippen LogP contribution in [0.4, 0.5) is 0 Å². The van der Waals surface area contributed by atoms with Gasteiger partial charge in [-0.3, -0.25) is 0 Å². The van der Waals surface area contributed by atoms with E-state index >= 15 is 0 Å². The molecule has 1 aromatic heterocycles. The van der Waals surface area contributed by atoms with Crippen LogP contribution in [-0.2, 0) is 0 Å². The molecular formula is C17H29N3S. The molecule has 0 spiro atoms. The van der Waals surface area contributed by atoms with E-state index in [1.165, 1.54) is 32.1 Å². The van der Waals surface area contributed by atoms with E-state index in [0.717, 1.165) is 29.0 Å². The second-order valence-electron chi connectivity index (χ2n) is 6.22. The number of nitrogens with zero attached hydrogens (tertiary/aromatic N) is 2. The van der Waals surface area contributed by atoms with Crippen molar-refractivity contribution < 1.29 is 0 Å². The van der Waals surface area contributed by atoms with Crippen LogP contribution in [0, 0.1) is 19.8 Å². The van der Waals surface area contributed by atoms with E-state index in [-0.39, 0.29) is 0 Å². The molecule has 0 aromatic carbocycles. The molecule has 2 rings (SSSR count). The normalized spacial score (nSPS) is 26.0. The number of hydrogen-bond acceptors (Lipinski definition) is 4. The van der Waals surface area contributed by atoms with Crippen molar-refractivity contribution in [2.24, 2.45) is 5.92 Å². The Morgan fingerprint density at radius 1 is 1.19 bits per heavy atom. The fraction of sp³-hybridized carbons (Fsp3) is 0.765. The van der Waals surface area contributed by atoms with Crippen LogP contribution in [0.2, 0.25) is 0 Å². The van der Waals surface area contributed by atoms with Gasteiger partial charge in [-0.2, -0.15) is 0 Å². The van der Waals surface area contributed by atoms with Crippen molar-refractivity contribution in [3.05, 3.63) is 17.5 Å². The molecule has 118 valence electrons. The molecule has 0 radical (unpaired) electrons. The summed E-state index contributed by atoms with van der Waals surface area (Å²) in [5, 5.41) is 5.23. The number of aromatic nitrogens is 2. The molecule has 0 amide bonds. The van der Waals surface area contributed by atoms with Crippen LogP contribution in [0.1, 0.15) is 57.3 Å². The van der Waals surface area contributed by atoms with Gasteiger partial charge in [0.15, 0.2) is 5.16 Å². The van der Waals surface area contributed by atoms with Crippen LogP contribution < -0.4 is 5.32 Å². The highest BCUT2D eigenvalue weighted by Crippen LogP contribution is 2.37. The monoisotopic (exact) mass is 307 g/mol. The van der Waals surface area contributed by atoms with Gasteiger partial charge in [-0.15, -0.1) is 0 Å². The van der Waals surface area contributed by atoms with Crippen LogP contribution >= 0.6 is 11.8 Å². The Labute approximate surface area is 133 Å². The van der Waals surface area contributed by atoms with Gasteiger partial charge >= 0.3 is 0 Å². The van der Waals surface area contributed by atoms with E-state index in [9.17, 15) is 0 Å². The molecule has 3 nitrogen and oxygen atoms in total. The average molecular weight is 308 g/mol. The zero-order chi connectivity index (χ0) is 15.2. The number of nitrogens with one attached hydrogen (secondary N) is 1. The minimum absolute atomic E-state index is 0.608. The minimum atomic E-state index is 0.608. The first-order valence-electron chi connectivity index (χ1n) is 8.34. The highest BCUT2D eigenvalue weighted by Gasteiger charge is 2.31. The second kappa shape index (κ2) is 8.14. The summed E-state index contributed by atoms with van der Waals surface area (Å²) in [6.07, 6.45) is 6.63.